The first kappa shape index (κ1) is 12.5. The first-order chi connectivity index (χ1) is 6.77. The Bertz CT molecular complexity index is 338. The molecule has 1 fully saturated rings. The molecule has 1 aliphatic heterocycles. The second-order valence-corrected chi connectivity index (χ2v) is 3.76. The molecule has 0 aromatic carbocycles. The van der Waals surface area contributed by atoms with Crippen LogP contribution in [-0.4, -0.2) is 37.3 Å². The minimum absolute atomic E-state index is 0. The monoisotopic (exact) mass is 220 g/mol. The molecule has 1 aromatic heterocycles. The summed E-state index contributed by atoms with van der Waals surface area (Å²) in [7, 11) is 0. The van der Waals surface area contributed by atoms with Gasteiger partial charge in [-0.25, -0.2) is 4.98 Å². The Kier molecular flexibility index (Phi) is 4.61. The molecule has 0 saturated carbocycles. The molecule has 15 heavy (non-hydrogen) atoms. The van der Waals surface area contributed by atoms with Crippen LogP contribution < -0.4 is 28.9 Å². The Morgan fingerprint density at radius 2 is 2.20 bits per heavy atom. The van der Waals surface area contributed by atoms with Crippen LogP contribution in [0.5, 0.6) is 0 Å². The summed E-state index contributed by atoms with van der Waals surface area (Å²) in [4.78, 5) is 16.5. The van der Waals surface area contributed by atoms with E-state index in [4.69, 9.17) is 4.74 Å². The van der Waals surface area contributed by atoms with Gasteiger partial charge in [-0.15, -0.1) is 11.3 Å². The van der Waals surface area contributed by atoms with Crippen LogP contribution in [0.4, 0.5) is 5.82 Å². The summed E-state index contributed by atoms with van der Waals surface area (Å²) >= 11 is 1.10. The quantitative estimate of drug-likeness (QED) is 0.481. The van der Waals surface area contributed by atoms with E-state index in [0.29, 0.717) is 19.0 Å². The fraction of sp³-hybridized carbons (Fsp3) is 0.500. The van der Waals surface area contributed by atoms with Gasteiger partial charge in [0.05, 0.1) is 13.2 Å². The molecule has 0 amide bonds. The van der Waals surface area contributed by atoms with E-state index in [0.717, 1.165) is 24.4 Å². The van der Waals surface area contributed by atoms with E-state index in [1.807, 2.05) is 4.90 Å². The number of ether oxygens (including phenoxy) is 1. The summed E-state index contributed by atoms with van der Waals surface area (Å²) in [6.45, 7) is 2.85. The van der Waals surface area contributed by atoms with Crippen LogP contribution in [0.3, 0.4) is 0 Å². The van der Waals surface area contributed by atoms with Crippen molar-refractivity contribution in [3.63, 3.8) is 0 Å². The summed E-state index contributed by atoms with van der Waals surface area (Å²) in [5, 5.41) is 12.3. The normalized spacial score (nSPS) is 15.9. The molecule has 0 unspecified atom stereocenters. The molecule has 1 aliphatic rings. The number of aromatic nitrogens is 1. The molecule has 5 nitrogen and oxygen atoms in total. The molecule has 7 heteroatoms. The standard InChI is InChI=1S/C8H10N2O3S.Li/c11-8(12)7-9-6(5-14-7)10-1-3-13-4-2-10;/h5H,1-4H2,(H,11,12);/q;+1/p-1. The third kappa shape index (κ3) is 2.95. The molecular formula is C8H9LiN2O3S. The zero-order valence-corrected chi connectivity index (χ0v) is 9.25. The zero-order chi connectivity index (χ0) is 9.97. The summed E-state index contributed by atoms with van der Waals surface area (Å²) < 4.78 is 5.18. The maximum absolute atomic E-state index is 10.5. The van der Waals surface area contributed by atoms with Gasteiger partial charge in [0.15, 0.2) is 0 Å². The Morgan fingerprint density at radius 3 is 2.73 bits per heavy atom. The fourth-order valence-electron chi connectivity index (χ4n) is 1.30. The van der Waals surface area contributed by atoms with Crippen molar-refractivity contribution in [3.8, 4) is 0 Å². The number of carbonyl (C=O) groups excluding carboxylic acids is 1. The Labute approximate surface area is 103 Å². The van der Waals surface area contributed by atoms with Crippen LogP contribution in [-0.2, 0) is 4.74 Å². The number of hydrogen-bond acceptors (Lipinski definition) is 6. The van der Waals surface area contributed by atoms with Gasteiger partial charge >= 0.3 is 18.9 Å². The van der Waals surface area contributed by atoms with Crippen LogP contribution in [0, 0.1) is 0 Å². The third-order valence-corrected chi connectivity index (χ3v) is 2.81. The topological polar surface area (TPSA) is 65.5 Å². The number of aromatic carboxylic acids is 1. The maximum Gasteiger partial charge on any atom is 1.00 e. The number of rotatable bonds is 2. The molecule has 0 spiro atoms. The maximum atomic E-state index is 10.5. The van der Waals surface area contributed by atoms with Crippen molar-refractivity contribution in [1.29, 1.82) is 0 Å². The molecule has 1 aromatic rings. The smallest absolute Gasteiger partial charge is 0.542 e. The fourth-order valence-corrected chi connectivity index (χ4v) is 1.96. The van der Waals surface area contributed by atoms with Crippen LogP contribution in [0.1, 0.15) is 9.80 Å². The van der Waals surface area contributed by atoms with Gasteiger partial charge in [0.1, 0.15) is 16.8 Å². The van der Waals surface area contributed by atoms with Gasteiger partial charge in [-0.2, -0.15) is 0 Å². The van der Waals surface area contributed by atoms with Crippen molar-refractivity contribution in [2.45, 2.75) is 0 Å². The second-order valence-electron chi connectivity index (χ2n) is 2.90. The summed E-state index contributed by atoms with van der Waals surface area (Å²) in [5.41, 5.74) is 0. The van der Waals surface area contributed by atoms with Gasteiger partial charge in [0.25, 0.3) is 0 Å². The SMILES string of the molecule is O=C([O-])c1nc(N2CCOCC2)cs1.[Li+]. The predicted molar refractivity (Wildman–Crippen MR) is 49.5 cm³/mol. The third-order valence-electron chi connectivity index (χ3n) is 2.00. The second kappa shape index (κ2) is 5.52. The van der Waals surface area contributed by atoms with Crippen LogP contribution in [0.25, 0.3) is 0 Å². The molecule has 0 bridgehead atoms. The summed E-state index contributed by atoms with van der Waals surface area (Å²) in [5.74, 6) is -0.507. The van der Waals surface area contributed by atoms with Crippen LogP contribution in [0.2, 0.25) is 0 Å². The summed E-state index contributed by atoms with van der Waals surface area (Å²) in [6.07, 6.45) is 0. The van der Waals surface area contributed by atoms with E-state index in [2.05, 4.69) is 4.98 Å². The summed E-state index contributed by atoms with van der Waals surface area (Å²) in [6, 6.07) is 0. The number of morpholine rings is 1. The molecular weight excluding hydrogens is 211 g/mol. The van der Waals surface area contributed by atoms with E-state index in [1.165, 1.54) is 0 Å². The number of hydrogen-bond donors (Lipinski definition) is 0. The van der Waals surface area contributed by atoms with Crippen molar-refractivity contribution >= 4 is 23.1 Å². The number of anilines is 1. The molecule has 0 N–H and O–H groups in total. The molecule has 0 aliphatic carbocycles. The molecule has 76 valence electrons. The van der Waals surface area contributed by atoms with Crippen molar-refractivity contribution in [2.24, 2.45) is 0 Å². The van der Waals surface area contributed by atoms with Gasteiger partial charge < -0.3 is 19.5 Å². The largest absolute Gasteiger partial charge is 1.00 e. The molecule has 1 saturated heterocycles. The number of carbonyl (C=O) groups is 1. The molecule has 2 heterocycles. The number of carboxylic acids is 1. The van der Waals surface area contributed by atoms with Gasteiger partial charge in [-0.1, -0.05) is 0 Å². The van der Waals surface area contributed by atoms with E-state index >= 15 is 0 Å². The van der Waals surface area contributed by atoms with Gasteiger partial charge in [0.2, 0.25) is 0 Å². The Balaban J connectivity index is 0.00000112. The average molecular weight is 220 g/mol. The zero-order valence-electron chi connectivity index (χ0n) is 8.43. The van der Waals surface area contributed by atoms with Crippen molar-refractivity contribution in [2.75, 3.05) is 31.2 Å². The molecule has 0 atom stereocenters. The van der Waals surface area contributed by atoms with Crippen LogP contribution in [0.15, 0.2) is 5.38 Å². The first-order valence-electron chi connectivity index (χ1n) is 4.27. The van der Waals surface area contributed by atoms with E-state index in [-0.39, 0.29) is 23.9 Å². The molecule has 2 rings (SSSR count). The van der Waals surface area contributed by atoms with E-state index in [1.54, 1.807) is 5.38 Å². The molecule has 0 radical (unpaired) electrons. The number of nitrogens with zero attached hydrogens (tertiary/aromatic N) is 2. The number of carboxylic acid groups (broad SMARTS) is 1. The van der Waals surface area contributed by atoms with Crippen molar-refractivity contribution in [3.05, 3.63) is 10.4 Å². The predicted octanol–water partition coefficient (Wildman–Crippen LogP) is -3.65. The van der Waals surface area contributed by atoms with Crippen molar-refractivity contribution < 1.29 is 33.5 Å². The van der Waals surface area contributed by atoms with E-state index in [9.17, 15) is 9.90 Å². The number of thiazole rings is 1. The van der Waals surface area contributed by atoms with Gasteiger partial charge in [0, 0.05) is 18.5 Å². The Hall–Kier alpha value is -0.543. The average Bonchev–Trinajstić information content (AvgIpc) is 2.68. The van der Waals surface area contributed by atoms with Gasteiger partial charge in [-0.05, 0) is 0 Å². The van der Waals surface area contributed by atoms with E-state index < -0.39 is 5.97 Å². The van der Waals surface area contributed by atoms with Crippen LogP contribution >= 0.6 is 11.3 Å². The van der Waals surface area contributed by atoms with Crippen molar-refractivity contribution in [1.82, 2.24) is 4.98 Å². The minimum Gasteiger partial charge on any atom is -0.542 e. The van der Waals surface area contributed by atoms with Gasteiger partial charge in [-0.3, -0.25) is 0 Å². The Morgan fingerprint density at radius 1 is 1.53 bits per heavy atom. The first-order valence-corrected chi connectivity index (χ1v) is 5.15. The minimum atomic E-state index is -1.21.